The molecular weight excluding hydrogens is 246 g/mol. The molecule has 0 saturated carbocycles. The van der Waals surface area contributed by atoms with Gasteiger partial charge in [-0.15, -0.1) is 0 Å². The first-order valence-electron chi connectivity index (χ1n) is 5.61. The third kappa shape index (κ3) is 3.60. The Bertz CT molecular complexity index is 579. The summed E-state index contributed by atoms with van der Waals surface area (Å²) < 4.78 is 5.21. The van der Waals surface area contributed by atoms with Crippen LogP contribution in [-0.4, -0.2) is 23.4 Å². The molecule has 1 aromatic heterocycles. The number of carbonyl (C=O) groups is 2. The Morgan fingerprint density at radius 1 is 1.26 bits per heavy atom. The second kappa shape index (κ2) is 5.72. The quantitative estimate of drug-likeness (QED) is 0.711. The number of anilines is 1. The van der Waals surface area contributed by atoms with E-state index in [1.165, 1.54) is 0 Å². The first-order valence-corrected chi connectivity index (χ1v) is 5.61. The fourth-order valence-corrected chi connectivity index (χ4v) is 1.45. The minimum Gasteiger partial charge on any atom is -0.484 e. The van der Waals surface area contributed by atoms with Crippen LogP contribution in [0, 0.1) is 0 Å². The summed E-state index contributed by atoms with van der Waals surface area (Å²) in [5.41, 5.74) is 6.43. The maximum Gasteiger partial charge on any atom is 0.274 e. The smallest absolute Gasteiger partial charge is 0.274 e. The molecule has 0 saturated heterocycles. The van der Waals surface area contributed by atoms with Crippen LogP contribution in [0.3, 0.4) is 0 Å². The number of nitrogens with one attached hydrogen (secondary N) is 2. The Balaban J connectivity index is 1.83. The van der Waals surface area contributed by atoms with E-state index in [0.29, 0.717) is 17.1 Å². The number of aromatic amines is 1. The summed E-state index contributed by atoms with van der Waals surface area (Å²) in [6.07, 6.45) is 1.60. The largest absolute Gasteiger partial charge is 0.484 e. The van der Waals surface area contributed by atoms with Crippen molar-refractivity contribution in [2.75, 3.05) is 12.3 Å². The van der Waals surface area contributed by atoms with E-state index in [-0.39, 0.29) is 6.61 Å². The van der Waals surface area contributed by atoms with Gasteiger partial charge in [0.05, 0.1) is 0 Å². The van der Waals surface area contributed by atoms with Crippen molar-refractivity contribution >= 4 is 17.5 Å². The molecule has 0 atom stereocenters. The van der Waals surface area contributed by atoms with Crippen molar-refractivity contribution in [3.8, 4) is 5.75 Å². The molecule has 0 spiro atoms. The van der Waals surface area contributed by atoms with Crippen molar-refractivity contribution in [2.45, 2.75) is 0 Å². The van der Waals surface area contributed by atoms with Crippen LogP contribution in [0.25, 0.3) is 0 Å². The van der Waals surface area contributed by atoms with Crippen LogP contribution >= 0.6 is 0 Å². The van der Waals surface area contributed by atoms with E-state index in [0.717, 1.165) is 0 Å². The zero-order valence-electron chi connectivity index (χ0n) is 10.1. The number of nitrogens with two attached hydrogens (primary N) is 1. The van der Waals surface area contributed by atoms with Gasteiger partial charge >= 0.3 is 0 Å². The summed E-state index contributed by atoms with van der Waals surface area (Å²) in [6, 6.07) is 9.94. The van der Waals surface area contributed by atoms with E-state index < -0.39 is 11.8 Å². The fraction of sp³-hybridized carbons (Fsp3) is 0.0769. The lowest BCUT2D eigenvalue weighted by molar-refractivity contribution is -0.122. The number of amides is 2. The number of hydrogen-bond donors (Lipinski definition) is 3. The van der Waals surface area contributed by atoms with Crippen molar-refractivity contribution < 1.29 is 14.3 Å². The summed E-state index contributed by atoms with van der Waals surface area (Å²) in [7, 11) is 0. The molecule has 1 aromatic carbocycles. The van der Waals surface area contributed by atoms with Crippen LogP contribution in [0.5, 0.6) is 5.75 Å². The minimum atomic E-state index is -0.526. The molecule has 2 aromatic rings. The summed E-state index contributed by atoms with van der Waals surface area (Å²) in [6.45, 7) is -0.254. The maximum absolute atomic E-state index is 11.5. The van der Waals surface area contributed by atoms with Crippen LogP contribution in [0.1, 0.15) is 10.5 Å². The van der Waals surface area contributed by atoms with E-state index >= 15 is 0 Å². The van der Waals surface area contributed by atoms with Crippen LogP contribution < -0.4 is 15.8 Å². The van der Waals surface area contributed by atoms with Crippen molar-refractivity contribution in [3.63, 3.8) is 0 Å². The molecule has 98 valence electrons. The van der Waals surface area contributed by atoms with Gasteiger partial charge in [0.1, 0.15) is 11.4 Å². The molecule has 19 heavy (non-hydrogen) atoms. The van der Waals surface area contributed by atoms with Crippen molar-refractivity contribution in [2.24, 2.45) is 0 Å². The molecule has 0 bridgehead atoms. The predicted molar refractivity (Wildman–Crippen MR) is 69.6 cm³/mol. The maximum atomic E-state index is 11.5. The first kappa shape index (κ1) is 12.7. The summed E-state index contributed by atoms with van der Waals surface area (Å²) in [5, 5.41) is 2.20. The summed E-state index contributed by atoms with van der Waals surface area (Å²) >= 11 is 0. The number of benzene rings is 1. The first-order chi connectivity index (χ1) is 9.15. The van der Waals surface area contributed by atoms with Gasteiger partial charge in [-0.1, -0.05) is 6.07 Å². The van der Waals surface area contributed by atoms with Crippen LogP contribution in [0.2, 0.25) is 0 Å². The Labute approximate surface area is 109 Å². The Morgan fingerprint density at radius 2 is 2.11 bits per heavy atom. The zero-order valence-corrected chi connectivity index (χ0v) is 10.1. The minimum absolute atomic E-state index is 0.254. The average molecular weight is 259 g/mol. The number of nitrogen functional groups attached to an aromatic ring is 1. The number of H-pyrrole nitrogens is 1. The molecule has 0 radical (unpaired) electrons. The van der Waals surface area contributed by atoms with Crippen LogP contribution in [0.4, 0.5) is 5.69 Å². The molecule has 2 amide bonds. The van der Waals surface area contributed by atoms with Gasteiger partial charge in [-0.3, -0.25) is 14.9 Å². The highest BCUT2D eigenvalue weighted by atomic mass is 16.5. The SMILES string of the molecule is Nc1cccc(OCC(=O)NC(=O)c2ccc[nH]2)c1. The average Bonchev–Trinajstić information content (AvgIpc) is 2.90. The molecule has 4 N–H and O–H groups in total. The van der Waals surface area contributed by atoms with Gasteiger partial charge in [0, 0.05) is 18.0 Å². The van der Waals surface area contributed by atoms with Crippen LogP contribution in [-0.2, 0) is 4.79 Å². The van der Waals surface area contributed by atoms with E-state index in [1.54, 1.807) is 42.6 Å². The standard InChI is InChI=1S/C13H13N3O3/c14-9-3-1-4-10(7-9)19-8-12(17)16-13(18)11-5-2-6-15-11/h1-7,15H,8,14H2,(H,16,17,18). The van der Waals surface area contributed by atoms with Gasteiger partial charge < -0.3 is 15.5 Å². The number of ether oxygens (including phenoxy) is 1. The molecular formula is C13H13N3O3. The molecule has 0 fully saturated rings. The normalized spacial score (nSPS) is 9.89. The molecule has 0 aliphatic carbocycles. The molecule has 6 heteroatoms. The van der Waals surface area contributed by atoms with Crippen molar-refractivity contribution in [1.82, 2.24) is 10.3 Å². The second-order valence-corrected chi connectivity index (χ2v) is 3.82. The van der Waals surface area contributed by atoms with Crippen LogP contribution in [0.15, 0.2) is 42.6 Å². The number of carbonyl (C=O) groups excluding carboxylic acids is 2. The van der Waals surface area contributed by atoms with Gasteiger partial charge in [0.15, 0.2) is 6.61 Å². The zero-order chi connectivity index (χ0) is 13.7. The molecule has 2 rings (SSSR count). The number of rotatable bonds is 4. The molecule has 1 heterocycles. The second-order valence-electron chi connectivity index (χ2n) is 3.82. The highest BCUT2D eigenvalue weighted by Gasteiger charge is 2.11. The van der Waals surface area contributed by atoms with E-state index in [2.05, 4.69) is 10.3 Å². The fourth-order valence-electron chi connectivity index (χ4n) is 1.45. The highest BCUT2D eigenvalue weighted by Crippen LogP contribution is 2.13. The topological polar surface area (TPSA) is 97.2 Å². The Morgan fingerprint density at radius 3 is 2.79 bits per heavy atom. The van der Waals surface area contributed by atoms with Gasteiger partial charge in [0.2, 0.25) is 0 Å². The third-order valence-corrected chi connectivity index (χ3v) is 2.32. The Hall–Kier alpha value is -2.76. The van der Waals surface area contributed by atoms with E-state index in [9.17, 15) is 9.59 Å². The van der Waals surface area contributed by atoms with Gasteiger partial charge in [-0.05, 0) is 24.3 Å². The Kier molecular flexibility index (Phi) is 3.82. The summed E-state index contributed by atoms with van der Waals surface area (Å²) in [5.74, 6) is -0.546. The number of imide groups is 1. The van der Waals surface area contributed by atoms with Gasteiger partial charge in [-0.25, -0.2) is 0 Å². The third-order valence-electron chi connectivity index (χ3n) is 2.32. The van der Waals surface area contributed by atoms with Crippen molar-refractivity contribution in [3.05, 3.63) is 48.3 Å². The number of aromatic nitrogens is 1. The van der Waals surface area contributed by atoms with E-state index in [4.69, 9.17) is 10.5 Å². The predicted octanol–water partition coefficient (Wildman–Crippen LogP) is 0.932. The molecule has 6 nitrogen and oxygen atoms in total. The monoisotopic (exact) mass is 259 g/mol. The molecule has 0 aliphatic rings. The highest BCUT2D eigenvalue weighted by molar-refractivity contribution is 6.04. The lowest BCUT2D eigenvalue weighted by Gasteiger charge is -2.06. The lowest BCUT2D eigenvalue weighted by Crippen LogP contribution is -2.34. The lowest BCUT2D eigenvalue weighted by atomic mass is 10.3. The van der Waals surface area contributed by atoms with E-state index in [1.807, 2.05) is 0 Å². The molecule has 0 unspecified atom stereocenters. The molecule has 0 aliphatic heterocycles. The van der Waals surface area contributed by atoms with Gasteiger partial charge in [0.25, 0.3) is 11.8 Å². The number of hydrogen-bond acceptors (Lipinski definition) is 4. The van der Waals surface area contributed by atoms with Gasteiger partial charge in [-0.2, -0.15) is 0 Å². The van der Waals surface area contributed by atoms with Crippen molar-refractivity contribution in [1.29, 1.82) is 0 Å². The summed E-state index contributed by atoms with van der Waals surface area (Å²) in [4.78, 5) is 25.7.